The Morgan fingerprint density at radius 3 is 2.24 bits per heavy atom. The highest BCUT2D eigenvalue weighted by Gasteiger charge is 2.35. The minimum absolute atomic E-state index is 0.0447. The third-order valence-electron chi connectivity index (χ3n) is 6.45. The van der Waals surface area contributed by atoms with E-state index in [1.807, 2.05) is 48.5 Å². The molecule has 2 aromatic rings. The number of ether oxygens (including phenoxy) is 1. The molecule has 2 atom stereocenters. The summed E-state index contributed by atoms with van der Waals surface area (Å²) in [7, 11) is 0. The topological polar surface area (TPSA) is 95.9 Å². The van der Waals surface area contributed by atoms with Gasteiger partial charge in [0.15, 0.2) is 0 Å². The number of carboxylic acids is 1. The largest absolute Gasteiger partial charge is 0.480 e. The molecule has 7 nitrogen and oxygen atoms in total. The van der Waals surface area contributed by atoms with Crippen LogP contribution in [0.25, 0.3) is 11.1 Å². The molecule has 0 spiro atoms. The summed E-state index contributed by atoms with van der Waals surface area (Å²) in [5.74, 6) is -2.11. The number of carbonyl (C=O) groups is 3. The number of carbonyl (C=O) groups excluding carboxylic acids is 2. The van der Waals surface area contributed by atoms with Crippen molar-refractivity contribution in [1.29, 1.82) is 0 Å². The summed E-state index contributed by atoms with van der Waals surface area (Å²) in [5, 5.41) is 11.4. The van der Waals surface area contributed by atoms with Crippen LogP contribution in [0.2, 0.25) is 0 Å². The molecule has 0 radical (unpaired) electrons. The highest BCUT2D eigenvalue weighted by molar-refractivity contribution is 5.84. The van der Waals surface area contributed by atoms with Crippen LogP contribution in [0.1, 0.15) is 42.7 Å². The number of hydrogen-bond acceptors (Lipinski definition) is 4. The van der Waals surface area contributed by atoms with Crippen LogP contribution >= 0.6 is 0 Å². The van der Waals surface area contributed by atoms with Gasteiger partial charge in [-0.1, -0.05) is 48.5 Å². The van der Waals surface area contributed by atoms with Gasteiger partial charge in [-0.05, 0) is 41.5 Å². The lowest BCUT2D eigenvalue weighted by molar-refractivity contribution is -0.152. The molecule has 1 aliphatic heterocycles. The molecular weight excluding hydrogens is 446 g/mol. The van der Waals surface area contributed by atoms with Crippen molar-refractivity contribution >= 4 is 18.0 Å². The third kappa shape index (κ3) is 4.88. The van der Waals surface area contributed by atoms with Crippen LogP contribution in [0, 0.1) is 0 Å². The van der Waals surface area contributed by atoms with Gasteiger partial charge in [-0.25, -0.2) is 18.4 Å². The first-order valence-electron chi connectivity index (χ1n) is 11.3. The zero-order valence-corrected chi connectivity index (χ0v) is 18.5. The van der Waals surface area contributed by atoms with E-state index in [0.29, 0.717) is 12.8 Å². The van der Waals surface area contributed by atoms with E-state index in [4.69, 9.17) is 4.74 Å². The normalized spacial score (nSPS) is 18.2. The zero-order valence-electron chi connectivity index (χ0n) is 18.5. The Kier molecular flexibility index (Phi) is 7.09. The maximum atomic E-state index is 13.6. The molecule has 180 valence electrons. The fourth-order valence-corrected chi connectivity index (χ4v) is 4.79. The predicted octanol–water partition coefficient (Wildman–Crippen LogP) is 4.01. The Hall–Kier alpha value is -3.49. The van der Waals surface area contributed by atoms with Crippen molar-refractivity contribution in [1.82, 2.24) is 10.2 Å². The molecule has 2 amide bonds. The van der Waals surface area contributed by atoms with E-state index < -0.39 is 42.9 Å². The molecule has 4 rings (SSSR count). The second-order valence-corrected chi connectivity index (χ2v) is 8.55. The number of likely N-dealkylation sites (tertiary alicyclic amines) is 1. The zero-order chi connectivity index (χ0) is 24.2. The molecule has 0 bridgehead atoms. The molecule has 0 aromatic heterocycles. The highest BCUT2D eigenvalue weighted by Crippen LogP contribution is 2.44. The first-order chi connectivity index (χ1) is 16.4. The first-order valence-corrected chi connectivity index (χ1v) is 11.3. The molecule has 1 saturated heterocycles. The van der Waals surface area contributed by atoms with Crippen LogP contribution in [0.3, 0.4) is 0 Å². The molecule has 0 saturated carbocycles. The van der Waals surface area contributed by atoms with E-state index in [-0.39, 0.29) is 25.5 Å². The fourth-order valence-electron chi connectivity index (χ4n) is 4.79. The predicted molar refractivity (Wildman–Crippen MR) is 120 cm³/mol. The van der Waals surface area contributed by atoms with Gasteiger partial charge in [-0.15, -0.1) is 0 Å². The van der Waals surface area contributed by atoms with E-state index in [1.54, 1.807) is 0 Å². The summed E-state index contributed by atoms with van der Waals surface area (Å²) < 4.78 is 32.5. The molecule has 2 N–H and O–H groups in total. The van der Waals surface area contributed by atoms with E-state index in [0.717, 1.165) is 27.2 Å². The van der Waals surface area contributed by atoms with Gasteiger partial charge in [0.2, 0.25) is 5.91 Å². The lowest BCUT2D eigenvalue weighted by Gasteiger charge is -2.34. The smallest absolute Gasteiger partial charge is 0.407 e. The lowest BCUT2D eigenvalue weighted by Crippen LogP contribution is -2.51. The summed E-state index contributed by atoms with van der Waals surface area (Å²) in [5.41, 5.74) is 4.05. The maximum Gasteiger partial charge on any atom is 0.407 e. The molecule has 1 unspecified atom stereocenters. The summed E-state index contributed by atoms with van der Waals surface area (Å²) in [4.78, 5) is 37.5. The van der Waals surface area contributed by atoms with Crippen LogP contribution in [0.5, 0.6) is 0 Å². The monoisotopic (exact) mass is 472 g/mol. The second kappa shape index (κ2) is 10.2. The average Bonchev–Trinajstić information content (AvgIpc) is 3.16. The molecule has 2 aliphatic rings. The molecular formula is C25H26F2N2O5. The quantitative estimate of drug-likeness (QED) is 0.635. The number of benzene rings is 2. The number of piperidine rings is 1. The second-order valence-electron chi connectivity index (χ2n) is 8.55. The first kappa shape index (κ1) is 23.7. The third-order valence-corrected chi connectivity index (χ3v) is 6.45. The Bertz CT molecular complexity index is 1030. The van der Waals surface area contributed by atoms with Crippen LogP contribution in [0.15, 0.2) is 48.5 Å². The number of carboxylic acid groups (broad SMARTS) is 1. The van der Waals surface area contributed by atoms with Gasteiger partial charge in [0, 0.05) is 12.5 Å². The van der Waals surface area contributed by atoms with Crippen molar-refractivity contribution in [2.45, 2.75) is 50.1 Å². The average molecular weight is 472 g/mol. The van der Waals surface area contributed by atoms with Crippen molar-refractivity contribution in [3.05, 3.63) is 59.7 Å². The number of nitrogens with zero attached hydrogens (tertiary/aromatic N) is 1. The number of alkyl halides is 2. The van der Waals surface area contributed by atoms with Crippen LogP contribution in [-0.2, 0) is 14.3 Å². The highest BCUT2D eigenvalue weighted by atomic mass is 19.3. The molecule has 1 fully saturated rings. The van der Waals surface area contributed by atoms with E-state index in [2.05, 4.69) is 5.32 Å². The minimum Gasteiger partial charge on any atom is -0.480 e. The van der Waals surface area contributed by atoms with Crippen molar-refractivity contribution in [2.24, 2.45) is 0 Å². The van der Waals surface area contributed by atoms with E-state index in [1.165, 1.54) is 0 Å². The van der Waals surface area contributed by atoms with E-state index in [9.17, 15) is 28.3 Å². The van der Waals surface area contributed by atoms with Crippen molar-refractivity contribution in [3.63, 3.8) is 0 Å². The molecule has 1 heterocycles. The van der Waals surface area contributed by atoms with Gasteiger partial charge in [0.25, 0.3) is 6.43 Å². The Morgan fingerprint density at radius 2 is 1.65 bits per heavy atom. The lowest BCUT2D eigenvalue weighted by atomic mass is 9.98. The van der Waals surface area contributed by atoms with Crippen LogP contribution < -0.4 is 5.32 Å². The number of fused-ring (bicyclic) bond motifs is 3. The number of hydrogen-bond donors (Lipinski definition) is 2. The molecule has 1 aliphatic carbocycles. The molecule has 34 heavy (non-hydrogen) atoms. The Labute approximate surface area is 195 Å². The van der Waals surface area contributed by atoms with Gasteiger partial charge < -0.3 is 20.1 Å². The van der Waals surface area contributed by atoms with Gasteiger partial charge in [0.1, 0.15) is 18.7 Å². The van der Waals surface area contributed by atoms with Crippen molar-refractivity contribution in [3.8, 4) is 11.1 Å². The van der Waals surface area contributed by atoms with Crippen LogP contribution in [-0.4, -0.2) is 59.6 Å². The Morgan fingerprint density at radius 1 is 1.03 bits per heavy atom. The SMILES string of the molecule is O=C(NC(CC(=O)N1CCCC[C@@H]1C(=O)O)C(F)F)OCC1c2ccccc2-c2ccccc21. The number of rotatable bonds is 7. The van der Waals surface area contributed by atoms with Gasteiger partial charge in [0.05, 0.1) is 6.42 Å². The molecule has 2 aromatic carbocycles. The molecule has 9 heteroatoms. The van der Waals surface area contributed by atoms with E-state index >= 15 is 0 Å². The number of halogens is 2. The summed E-state index contributed by atoms with van der Waals surface area (Å²) >= 11 is 0. The van der Waals surface area contributed by atoms with Gasteiger partial charge >= 0.3 is 12.1 Å². The number of amides is 2. The number of nitrogens with one attached hydrogen (secondary N) is 1. The summed E-state index contributed by atoms with van der Waals surface area (Å²) in [6, 6.07) is 12.7. The van der Waals surface area contributed by atoms with Crippen LogP contribution in [0.4, 0.5) is 13.6 Å². The summed E-state index contributed by atoms with van der Waals surface area (Å²) in [6.45, 7) is 0.147. The number of aliphatic carboxylic acids is 1. The van der Waals surface area contributed by atoms with Crippen molar-refractivity contribution in [2.75, 3.05) is 13.2 Å². The minimum atomic E-state index is -3.02. The van der Waals surface area contributed by atoms with Gasteiger partial charge in [-0.2, -0.15) is 0 Å². The summed E-state index contributed by atoms with van der Waals surface area (Å²) in [6.07, 6.45) is -3.23. The number of alkyl carbamates (subject to hydrolysis) is 1. The standard InChI is InChI=1S/C25H26F2N2O5/c26-23(27)20(13-22(30)29-12-6-5-11-21(29)24(31)32)28-25(33)34-14-19-17-9-3-1-7-15(17)16-8-2-4-10-18(16)19/h1-4,7-10,19-21,23H,5-6,11-14H2,(H,28,33)(H,31,32)/t20?,21-/m1/s1. The van der Waals surface area contributed by atoms with Crippen molar-refractivity contribution < 1.29 is 33.0 Å². The fraction of sp³-hybridized carbons (Fsp3) is 0.400. The van der Waals surface area contributed by atoms with Gasteiger partial charge in [-0.3, -0.25) is 4.79 Å². The Balaban J connectivity index is 1.38. The maximum absolute atomic E-state index is 13.6.